The van der Waals surface area contributed by atoms with Gasteiger partial charge in [0.05, 0.1) is 47.3 Å². The molecule has 11 heteroatoms. The van der Waals surface area contributed by atoms with Crippen LogP contribution in [0.4, 0.5) is 5.69 Å². The third-order valence-electron chi connectivity index (χ3n) is 11.1. The van der Waals surface area contributed by atoms with Crippen LogP contribution in [0.5, 0.6) is 0 Å². The Morgan fingerprint density at radius 3 is 2.57 bits per heavy atom. The molecule has 10 nitrogen and oxygen atoms in total. The summed E-state index contributed by atoms with van der Waals surface area (Å²) < 4.78 is 30.9. The first-order valence-corrected chi connectivity index (χ1v) is 17.5. The number of sulfonamides is 1. The van der Waals surface area contributed by atoms with E-state index in [1.807, 2.05) is 30.3 Å². The Bertz CT molecular complexity index is 2070. The maximum Gasteiger partial charge on any atom is 0.213 e. The molecule has 4 aliphatic rings. The fraction of sp³-hybridized carbons (Fsp3) is 0.485. The molecule has 44 heavy (non-hydrogen) atoms. The highest BCUT2D eigenvalue weighted by Gasteiger charge is 2.65. The second-order valence-electron chi connectivity index (χ2n) is 14.0. The Kier molecular flexibility index (Phi) is 5.42. The fourth-order valence-corrected chi connectivity index (χ4v) is 10.5. The maximum atomic E-state index is 12.6. The Hall–Kier alpha value is -3.70. The predicted octanol–water partition coefficient (Wildman–Crippen LogP) is 5.23. The summed E-state index contributed by atoms with van der Waals surface area (Å²) in [7, 11) is 1.000. The molecule has 2 aliphatic heterocycles. The molecule has 1 N–H and O–H groups in total. The Labute approximate surface area is 257 Å². The van der Waals surface area contributed by atoms with Crippen LogP contribution in [0.2, 0.25) is 0 Å². The number of rotatable bonds is 5. The van der Waals surface area contributed by atoms with Gasteiger partial charge in [0.25, 0.3) is 0 Å². The van der Waals surface area contributed by atoms with Crippen LogP contribution < -0.4 is 4.90 Å². The summed E-state index contributed by atoms with van der Waals surface area (Å²) in [5.41, 5.74) is 9.00. The number of nitrogens with zero attached hydrogens (tertiary/aromatic N) is 7. The monoisotopic (exact) mass is 610 g/mol. The quantitative estimate of drug-likeness (QED) is 0.292. The van der Waals surface area contributed by atoms with Gasteiger partial charge in [-0.3, -0.25) is 9.36 Å². The number of likely N-dealkylation sites (N-methyl/N-ethyl adjacent to an activating group) is 1. The van der Waals surface area contributed by atoms with Crippen molar-refractivity contribution in [3.05, 3.63) is 48.5 Å². The number of hydrogen-bond acceptors (Lipinski definition) is 6. The van der Waals surface area contributed by atoms with Crippen molar-refractivity contribution in [1.82, 2.24) is 33.8 Å². The van der Waals surface area contributed by atoms with Crippen LogP contribution in [0.3, 0.4) is 0 Å². The van der Waals surface area contributed by atoms with E-state index in [-0.39, 0.29) is 16.6 Å². The lowest BCUT2D eigenvalue weighted by Gasteiger charge is -2.63. The summed E-state index contributed by atoms with van der Waals surface area (Å²) in [6.45, 7) is 3.94. The minimum absolute atomic E-state index is 0.0337. The largest absolute Gasteiger partial charge is 0.372 e. The zero-order chi connectivity index (χ0) is 30.0. The number of anilines is 1. The number of fused-ring (bicyclic) bond motifs is 5. The van der Waals surface area contributed by atoms with Gasteiger partial charge in [0.1, 0.15) is 5.65 Å². The van der Waals surface area contributed by atoms with E-state index in [0.29, 0.717) is 19.1 Å². The third kappa shape index (κ3) is 3.62. The van der Waals surface area contributed by atoms with E-state index < -0.39 is 10.0 Å². The normalized spacial score (nSPS) is 21.1. The van der Waals surface area contributed by atoms with E-state index in [0.717, 1.165) is 52.8 Å². The summed E-state index contributed by atoms with van der Waals surface area (Å²) >= 11 is 0. The number of nitrogens with one attached hydrogen (secondary N) is 1. The summed E-state index contributed by atoms with van der Waals surface area (Å²) in [6, 6.07) is 7.09. The molecule has 6 heterocycles. The van der Waals surface area contributed by atoms with Crippen molar-refractivity contribution in [2.75, 3.05) is 37.3 Å². The molecular formula is C33H38N8O2S. The molecule has 2 aliphatic carbocycles. The maximum absolute atomic E-state index is 12.6. The zero-order valence-electron chi connectivity index (χ0n) is 25.5. The number of aryl methyl sites for hydroxylation is 1. The van der Waals surface area contributed by atoms with Crippen LogP contribution in [-0.2, 0) is 22.5 Å². The average Bonchev–Trinajstić information content (AvgIpc) is 3.80. The van der Waals surface area contributed by atoms with Crippen molar-refractivity contribution in [2.45, 2.75) is 56.9 Å². The highest BCUT2D eigenvalue weighted by atomic mass is 32.2. The highest BCUT2D eigenvalue weighted by molar-refractivity contribution is 7.89. The van der Waals surface area contributed by atoms with Crippen LogP contribution in [0.1, 0.15) is 57.1 Å². The first kappa shape index (κ1) is 26.7. The molecule has 9 rings (SSSR count). The molecule has 2 spiro atoms. The van der Waals surface area contributed by atoms with E-state index in [2.05, 4.69) is 51.1 Å². The summed E-state index contributed by atoms with van der Waals surface area (Å²) in [5, 5.41) is 11.6. The summed E-state index contributed by atoms with van der Waals surface area (Å²) in [6.07, 6.45) is 15.1. The SMILES string of the molecule is CCS(=O)(=O)N1CC2(C1)CC1(CN(C)c3cnc4[nH]c(-c5cnn(C6CCCC6)c5)c(-c5ccc6c(cnn6C)c5)c4c31)C2. The molecule has 0 bridgehead atoms. The number of pyridine rings is 1. The third-order valence-corrected chi connectivity index (χ3v) is 12.9. The van der Waals surface area contributed by atoms with Gasteiger partial charge in [0, 0.05) is 67.2 Å². The number of hydrogen-bond donors (Lipinski definition) is 1. The van der Waals surface area contributed by atoms with Crippen LogP contribution in [0.15, 0.2) is 43.0 Å². The molecule has 5 aromatic rings. The van der Waals surface area contributed by atoms with Gasteiger partial charge >= 0.3 is 0 Å². The number of aromatic nitrogens is 6. The van der Waals surface area contributed by atoms with E-state index in [9.17, 15) is 8.42 Å². The topological polar surface area (TPSA) is 105 Å². The lowest BCUT2D eigenvalue weighted by atomic mass is 9.48. The van der Waals surface area contributed by atoms with Gasteiger partial charge in [0.15, 0.2) is 0 Å². The lowest BCUT2D eigenvalue weighted by molar-refractivity contribution is -0.0657. The minimum Gasteiger partial charge on any atom is -0.372 e. The molecule has 3 fully saturated rings. The first-order valence-electron chi connectivity index (χ1n) is 15.9. The summed E-state index contributed by atoms with van der Waals surface area (Å²) in [4.78, 5) is 11.1. The highest BCUT2D eigenvalue weighted by Crippen LogP contribution is 2.65. The van der Waals surface area contributed by atoms with Crippen LogP contribution in [0, 0.1) is 5.41 Å². The smallest absolute Gasteiger partial charge is 0.213 e. The molecule has 4 aromatic heterocycles. The molecular weight excluding hydrogens is 572 g/mol. The van der Waals surface area contributed by atoms with E-state index in [1.54, 1.807) is 11.2 Å². The van der Waals surface area contributed by atoms with Crippen molar-refractivity contribution in [3.8, 4) is 22.4 Å². The standard InChI is InChI=1S/C33H38N8O2S/c1-4-44(42,43)40-18-32(19-40)16-33(17-32)20-38(2)26-14-34-31-28(29(26)33)27(21-9-10-25-22(11-21)12-35-39(25)3)30(37-31)23-13-36-41(15-23)24-7-5-6-8-24/h9-15,24H,4-8,16-20H2,1-3H3,(H,34,37). The molecule has 0 unspecified atom stereocenters. The molecule has 0 atom stereocenters. The Morgan fingerprint density at radius 1 is 1.00 bits per heavy atom. The van der Waals surface area contributed by atoms with Crippen LogP contribution in [0.25, 0.3) is 44.3 Å². The van der Waals surface area contributed by atoms with E-state index in [4.69, 9.17) is 10.1 Å². The van der Waals surface area contributed by atoms with Crippen molar-refractivity contribution >= 4 is 37.6 Å². The fourth-order valence-electron chi connectivity index (χ4n) is 9.23. The molecule has 2 saturated carbocycles. The van der Waals surface area contributed by atoms with Gasteiger partial charge in [-0.05, 0) is 61.3 Å². The second-order valence-corrected chi connectivity index (χ2v) is 16.2. The van der Waals surface area contributed by atoms with Crippen molar-refractivity contribution in [1.29, 1.82) is 0 Å². The van der Waals surface area contributed by atoms with E-state index in [1.165, 1.54) is 47.9 Å². The lowest BCUT2D eigenvalue weighted by Crippen LogP contribution is -2.68. The van der Waals surface area contributed by atoms with Gasteiger partial charge < -0.3 is 9.88 Å². The van der Waals surface area contributed by atoms with Crippen LogP contribution in [-0.4, -0.2) is 74.7 Å². The molecule has 1 aromatic carbocycles. The van der Waals surface area contributed by atoms with Crippen molar-refractivity contribution in [2.24, 2.45) is 12.5 Å². The van der Waals surface area contributed by atoms with Gasteiger partial charge in [-0.2, -0.15) is 10.2 Å². The van der Waals surface area contributed by atoms with Gasteiger partial charge in [0.2, 0.25) is 10.0 Å². The van der Waals surface area contributed by atoms with E-state index >= 15 is 0 Å². The molecule has 0 amide bonds. The second kappa shape index (κ2) is 8.94. The van der Waals surface area contributed by atoms with Crippen molar-refractivity contribution < 1.29 is 8.42 Å². The van der Waals surface area contributed by atoms with Gasteiger partial charge in [-0.1, -0.05) is 18.9 Å². The Balaban J connectivity index is 1.21. The minimum atomic E-state index is -3.15. The first-order chi connectivity index (χ1) is 21.2. The van der Waals surface area contributed by atoms with Crippen molar-refractivity contribution in [3.63, 3.8) is 0 Å². The summed E-state index contributed by atoms with van der Waals surface area (Å²) in [5.74, 6) is 0.167. The van der Waals surface area contributed by atoms with Gasteiger partial charge in [-0.25, -0.2) is 17.7 Å². The van der Waals surface area contributed by atoms with Gasteiger partial charge in [-0.15, -0.1) is 0 Å². The number of aromatic amines is 1. The zero-order valence-corrected chi connectivity index (χ0v) is 26.4. The molecule has 1 saturated heterocycles. The average molecular weight is 611 g/mol. The molecule has 0 radical (unpaired) electrons. The Morgan fingerprint density at radius 2 is 1.80 bits per heavy atom. The molecule has 228 valence electrons. The van der Waals surface area contributed by atoms with Crippen LogP contribution >= 0.6 is 0 Å². The number of H-pyrrole nitrogens is 1. The number of benzene rings is 1. The predicted molar refractivity (Wildman–Crippen MR) is 172 cm³/mol.